The molecule has 0 aliphatic rings. The van der Waals surface area contributed by atoms with Gasteiger partial charge in [0.1, 0.15) is 0 Å². The minimum absolute atomic E-state index is 0.545. The molecule has 0 saturated carbocycles. The van der Waals surface area contributed by atoms with Crippen LogP contribution in [0.15, 0.2) is 12.7 Å². The van der Waals surface area contributed by atoms with Crippen LogP contribution in [0, 0.1) is 0 Å². The Morgan fingerprint density at radius 1 is 1.60 bits per heavy atom. The van der Waals surface area contributed by atoms with Gasteiger partial charge in [0.25, 0.3) is 0 Å². The summed E-state index contributed by atoms with van der Waals surface area (Å²) in [5, 5.41) is 10.4. The zero-order chi connectivity index (χ0) is 7.82. The highest BCUT2D eigenvalue weighted by Crippen LogP contribution is 1.92. The third-order valence-electron chi connectivity index (χ3n) is 1.11. The summed E-state index contributed by atoms with van der Waals surface area (Å²) in [6.45, 7) is 4.10. The second kappa shape index (κ2) is 6.13. The third kappa shape index (κ3) is 7.01. The zero-order valence-electron chi connectivity index (χ0n) is 5.97. The van der Waals surface area contributed by atoms with Crippen molar-refractivity contribution >= 4 is 6.09 Å². The van der Waals surface area contributed by atoms with Crippen LogP contribution in [-0.2, 0) is 0 Å². The first-order chi connectivity index (χ1) is 4.77. The van der Waals surface area contributed by atoms with Gasteiger partial charge in [0.05, 0.1) is 0 Å². The van der Waals surface area contributed by atoms with Gasteiger partial charge in [-0.25, -0.2) is 4.79 Å². The van der Waals surface area contributed by atoms with Crippen molar-refractivity contribution in [3.05, 3.63) is 12.7 Å². The number of carboxylic acid groups (broad SMARTS) is 1. The Labute approximate surface area is 60.7 Å². The van der Waals surface area contributed by atoms with E-state index in [0.717, 1.165) is 19.3 Å². The van der Waals surface area contributed by atoms with Crippen molar-refractivity contribution in [3.63, 3.8) is 0 Å². The van der Waals surface area contributed by atoms with Crippen molar-refractivity contribution in [3.8, 4) is 0 Å². The Morgan fingerprint density at radius 2 is 2.30 bits per heavy atom. The first-order valence-corrected chi connectivity index (χ1v) is 3.35. The Hall–Kier alpha value is -0.990. The van der Waals surface area contributed by atoms with Gasteiger partial charge >= 0.3 is 6.09 Å². The van der Waals surface area contributed by atoms with Gasteiger partial charge in [0.2, 0.25) is 0 Å². The Balaban J connectivity index is 2.90. The van der Waals surface area contributed by atoms with Crippen molar-refractivity contribution in [2.75, 3.05) is 6.54 Å². The van der Waals surface area contributed by atoms with E-state index >= 15 is 0 Å². The summed E-state index contributed by atoms with van der Waals surface area (Å²) in [5.41, 5.74) is 0. The maximum atomic E-state index is 9.90. The second-order valence-electron chi connectivity index (χ2n) is 2.02. The molecule has 0 bridgehead atoms. The topological polar surface area (TPSA) is 49.3 Å². The summed E-state index contributed by atoms with van der Waals surface area (Å²) >= 11 is 0. The van der Waals surface area contributed by atoms with Gasteiger partial charge in [-0.05, 0) is 19.3 Å². The van der Waals surface area contributed by atoms with Crippen molar-refractivity contribution < 1.29 is 9.90 Å². The number of amides is 1. The van der Waals surface area contributed by atoms with Crippen molar-refractivity contribution in [1.29, 1.82) is 0 Å². The molecule has 0 aliphatic carbocycles. The van der Waals surface area contributed by atoms with Crippen LogP contribution >= 0.6 is 0 Å². The van der Waals surface area contributed by atoms with Crippen molar-refractivity contribution in [1.82, 2.24) is 5.32 Å². The molecule has 2 N–H and O–H groups in total. The van der Waals surface area contributed by atoms with Crippen LogP contribution in [0.5, 0.6) is 0 Å². The highest BCUT2D eigenvalue weighted by Gasteiger charge is 1.90. The maximum Gasteiger partial charge on any atom is 0.404 e. The van der Waals surface area contributed by atoms with Crippen LogP contribution in [0.25, 0.3) is 0 Å². The molecule has 0 heterocycles. The average Bonchev–Trinajstić information content (AvgIpc) is 1.87. The Kier molecular flexibility index (Phi) is 5.53. The molecule has 0 saturated heterocycles. The SMILES string of the molecule is C=CCCCCNC(=O)O. The van der Waals surface area contributed by atoms with Gasteiger partial charge in [-0.1, -0.05) is 6.08 Å². The summed E-state index contributed by atoms with van der Waals surface area (Å²) in [6.07, 6.45) is 3.74. The first-order valence-electron chi connectivity index (χ1n) is 3.35. The highest BCUT2D eigenvalue weighted by atomic mass is 16.4. The fourth-order valence-corrected chi connectivity index (χ4v) is 0.609. The smallest absolute Gasteiger partial charge is 0.404 e. The molecule has 1 amide bonds. The molecule has 58 valence electrons. The van der Waals surface area contributed by atoms with Crippen LogP contribution in [-0.4, -0.2) is 17.7 Å². The van der Waals surface area contributed by atoms with Gasteiger partial charge in [0, 0.05) is 6.54 Å². The molecule has 0 radical (unpaired) electrons. The lowest BCUT2D eigenvalue weighted by Gasteiger charge is -1.97. The molecule has 3 heteroatoms. The Morgan fingerprint density at radius 3 is 2.80 bits per heavy atom. The zero-order valence-corrected chi connectivity index (χ0v) is 5.97. The number of hydrogen-bond acceptors (Lipinski definition) is 1. The molecular formula is C7H13NO2. The molecule has 0 aromatic rings. The van der Waals surface area contributed by atoms with Gasteiger partial charge in [-0.15, -0.1) is 6.58 Å². The molecule has 0 rings (SSSR count). The maximum absolute atomic E-state index is 9.90. The minimum Gasteiger partial charge on any atom is -0.465 e. The van der Waals surface area contributed by atoms with Crippen LogP contribution in [0.2, 0.25) is 0 Å². The largest absolute Gasteiger partial charge is 0.465 e. The minimum atomic E-state index is -0.946. The summed E-state index contributed by atoms with van der Waals surface area (Å²) in [4.78, 5) is 9.90. The molecule has 0 aromatic carbocycles. The van der Waals surface area contributed by atoms with E-state index in [0.29, 0.717) is 6.54 Å². The Bertz CT molecular complexity index is 112. The predicted molar refractivity (Wildman–Crippen MR) is 40.1 cm³/mol. The monoisotopic (exact) mass is 143 g/mol. The lowest BCUT2D eigenvalue weighted by atomic mass is 10.2. The fourth-order valence-electron chi connectivity index (χ4n) is 0.609. The lowest BCUT2D eigenvalue weighted by molar-refractivity contribution is 0.194. The predicted octanol–water partition coefficient (Wildman–Crippen LogP) is 1.61. The summed E-state index contributed by atoms with van der Waals surface area (Å²) in [7, 11) is 0. The number of unbranched alkanes of at least 4 members (excludes halogenated alkanes) is 2. The molecular weight excluding hydrogens is 130 g/mol. The number of nitrogens with one attached hydrogen (secondary N) is 1. The number of rotatable bonds is 5. The molecule has 0 spiro atoms. The average molecular weight is 143 g/mol. The van der Waals surface area contributed by atoms with Gasteiger partial charge in [-0.2, -0.15) is 0 Å². The highest BCUT2D eigenvalue weighted by molar-refractivity contribution is 5.64. The molecule has 0 unspecified atom stereocenters. The molecule has 10 heavy (non-hydrogen) atoms. The van der Waals surface area contributed by atoms with Gasteiger partial charge in [0.15, 0.2) is 0 Å². The van der Waals surface area contributed by atoms with E-state index in [2.05, 4.69) is 11.9 Å². The van der Waals surface area contributed by atoms with E-state index < -0.39 is 6.09 Å². The number of carbonyl (C=O) groups is 1. The third-order valence-corrected chi connectivity index (χ3v) is 1.11. The molecule has 0 atom stereocenters. The lowest BCUT2D eigenvalue weighted by Crippen LogP contribution is -2.21. The van der Waals surface area contributed by atoms with Crippen molar-refractivity contribution in [2.24, 2.45) is 0 Å². The normalized spacial score (nSPS) is 8.80. The molecule has 0 aliphatic heterocycles. The standard InChI is InChI=1S/C7H13NO2/c1-2-3-4-5-6-8-7(9)10/h2,8H,1,3-6H2,(H,9,10). The van der Waals surface area contributed by atoms with Gasteiger partial charge in [-0.3, -0.25) is 0 Å². The second-order valence-corrected chi connectivity index (χ2v) is 2.02. The van der Waals surface area contributed by atoms with E-state index in [9.17, 15) is 4.79 Å². The summed E-state index contributed by atoms with van der Waals surface area (Å²) in [6, 6.07) is 0. The van der Waals surface area contributed by atoms with E-state index in [1.54, 1.807) is 0 Å². The molecule has 0 aromatic heterocycles. The van der Waals surface area contributed by atoms with E-state index in [4.69, 9.17) is 5.11 Å². The van der Waals surface area contributed by atoms with E-state index in [1.165, 1.54) is 0 Å². The van der Waals surface area contributed by atoms with E-state index in [-0.39, 0.29) is 0 Å². The quantitative estimate of drug-likeness (QED) is 0.453. The van der Waals surface area contributed by atoms with Crippen LogP contribution in [0.3, 0.4) is 0 Å². The van der Waals surface area contributed by atoms with Crippen molar-refractivity contribution in [2.45, 2.75) is 19.3 Å². The first kappa shape index (κ1) is 9.01. The number of allylic oxidation sites excluding steroid dienone is 1. The van der Waals surface area contributed by atoms with Crippen LogP contribution < -0.4 is 5.32 Å². The van der Waals surface area contributed by atoms with Crippen LogP contribution in [0.4, 0.5) is 4.79 Å². The fraction of sp³-hybridized carbons (Fsp3) is 0.571. The van der Waals surface area contributed by atoms with Gasteiger partial charge < -0.3 is 10.4 Å². The molecule has 3 nitrogen and oxygen atoms in total. The number of hydrogen-bond donors (Lipinski definition) is 2. The van der Waals surface area contributed by atoms with Crippen LogP contribution in [0.1, 0.15) is 19.3 Å². The molecule has 0 fully saturated rings. The van der Waals surface area contributed by atoms with E-state index in [1.807, 2.05) is 6.08 Å². The summed E-state index contributed by atoms with van der Waals surface area (Å²) < 4.78 is 0. The summed E-state index contributed by atoms with van der Waals surface area (Å²) in [5.74, 6) is 0.